The molecule has 0 unspecified atom stereocenters. The van der Waals surface area contributed by atoms with Gasteiger partial charge in [0.15, 0.2) is 0 Å². The van der Waals surface area contributed by atoms with Gasteiger partial charge in [-0.3, -0.25) is 9.59 Å². The van der Waals surface area contributed by atoms with Gasteiger partial charge in [-0.05, 0) is 47.1 Å². The van der Waals surface area contributed by atoms with Crippen molar-refractivity contribution in [3.05, 3.63) is 61.9 Å². The standard InChI is InChI=1S/C25H25BrF2N4O5/c1-3-4-30-14-8-31(9-14)23-18(28)6-15-22(21(23)26)32(10-16(24(15)34)25(35)36)20-7-19(29)17(27)5-13(20)11-37-12(2)33/h5-7,10,14,30H,3-4,8-9,11,29H2,1-2H3,(H,35,36). The van der Waals surface area contributed by atoms with Crippen LogP contribution in [0.5, 0.6) is 0 Å². The van der Waals surface area contributed by atoms with Crippen LogP contribution in [0.25, 0.3) is 16.6 Å². The molecule has 37 heavy (non-hydrogen) atoms. The first kappa shape index (κ1) is 26.6. The number of nitrogens with two attached hydrogens (primary N) is 1. The maximum atomic E-state index is 15.4. The lowest BCUT2D eigenvalue weighted by molar-refractivity contribution is -0.142. The number of rotatable bonds is 8. The first-order chi connectivity index (χ1) is 17.5. The van der Waals surface area contributed by atoms with Gasteiger partial charge < -0.3 is 30.4 Å². The summed E-state index contributed by atoms with van der Waals surface area (Å²) in [6.07, 6.45) is 2.03. The molecule has 3 aromatic rings. The largest absolute Gasteiger partial charge is 0.477 e. The van der Waals surface area contributed by atoms with Crippen LogP contribution in [0.4, 0.5) is 20.2 Å². The summed E-state index contributed by atoms with van der Waals surface area (Å²) in [5.74, 6) is -3.61. The van der Waals surface area contributed by atoms with E-state index in [1.54, 1.807) is 4.90 Å². The van der Waals surface area contributed by atoms with Crippen molar-refractivity contribution >= 4 is 50.1 Å². The fourth-order valence-corrected chi connectivity index (χ4v) is 5.16. The number of carboxylic acids is 1. The van der Waals surface area contributed by atoms with Crippen molar-refractivity contribution in [2.45, 2.75) is 32.9 Å². The van der Waals surface area contributed by atoms with E-state index in [4.69, 9.17) is 10.5 Å². The van der Waals surface area contributed by atoms with Crippen molar-refractivity contribution < 1.29 is 28.2 Å². The van der Waals surface area contributed by atoms with Gasteiger partial charge in [-0.15, -0.1) is 0 Å². The maximum Gasteiger partial charge on any atom is 0.341 e. The molecule has 0 bridgehead atoms. The zero-order chi connectivity index (χ0) is 27.0. The second-order valence-corrected chi connectivity index (χ2v) is 9.60. The van der Waals surface area contributed by atoms with Crippen LogP contribution in [0.1, 0.15) is 36.2 Å². The molecule has 9 nitrogen and oxygen atoms in total. The number of carboxylic acid groups (broad SMARTS) is 1. The Morgan fingerprint density at radius 1 is 1.24 bits per heavy atom. The van der Waals surface area contributed by atoms with Crippen LogP contribution in [0.3, 0.4) is 0 Å². The molecule has 4 rings (SSSR count). The monoisotopic (exact) mass is 578 g/mol. The normalized spacial score (nSPS) is 13.6. The summed E-state index contributed by atoms with van der Waals surface area (Å²) in [6.45, 7) is 4.77. The minimum Gasteiger partial charge on any atom is -0.477 e. The molecule has 1 aliphatic heterocycles. The van der Waals surface area contributed by atoms with E-state index in [1.807, 2.05) is 6.92 Å². The molecule has 1 saturated heterocycles. The minimum absolute atomic E-state index is 0.159. The lowest BCUT2D eigenvalue weighted by atomic mass is 10.0. The molecule has 0 atom stereocenters. The van der Waals surface area contributed by atoms with Crippen LogP contribution in [-0.2, 0) is 16.1 Å². The summed E-state index contributed by atoms with van der Waals surface area (Å²) < 4.78 is 36.3. The Kier molecular flexibility index (Phi) is 7.51. The van der Waals surface area contributed by atoms with E-state index in [0.29, 0.717) is 13.1 Å². The Morgan fingerprint density at radius 2 is 1.95 bits per heavy atom. The molecule has 0 amide bonds. The number of aromatic nitrogens is 1. The maximum absolute atomic E-state index is 15.4. The van der Waals surface area contributed by atoms with Crippen LogP contribution in [0.2, 0.25) is 0 Å². The molecule has 1 fully saturated rings. The SMILES string of the molecule is CCCNC1CN(c2c(F)cc3c(=O)c(C(=O)O)cn(-c4cc(N)c(F)cc4COC(C)=O)c3c2Br)C1. The summed E-state index contributed by atoms with van der Waals surface area (Å²) in [4.78, 5) is 38.2. The van der Waals surface area contributed by atoms with E-state index in [2.05, 4.69) is 21.2 Å². The number of carbonyl (C=O) groups excluding carboxylic acids is 1. The number of carbonyl (C=O) groups is 2. The number of esters is 1. The van der Waals surface area contributed by atoms with Crippen LogP contribution >= 0.6 is 15.9 Å². The summed E-state index contributed by atoms with van der Waals surface area (Å²) in [5.41, 5.74) is 4.75. The molecule has 12 heteroatoms. The predicted octanol–water partition coefficient (Wildman–Crippen LogP) is 3.56. The molecule has 4 N–H and O–H groups in total. The number of aromatic carboxylic acids is 1. The highest BCUT2D eigenvalue weighted by atomic mass is 79.9. The number of hydrogen-bond donors (Lipinski definition) is 3. The average molecular weight is 579 g/mol. The molecule has 1 aliphatic rings. The van der Waals surface area contributed by atoms with E-state index >= 15 is 4.39 Å². The lowest BCUT2D eigenvalue weighted by Crippen LogP contribution is -2.58. The Bertz CT molecular complexity index is 1470. The summed E-state index contributed by atoms with van der Waals surface area (Å²) in [6, 6.07) is 3.49. The van der Waals surface area contributed by atoms with Crippen LogP contribution in [0.15, 0.2) is 33.7 Å². The third-order valence-electron chi connectivity index (χ3n) is 6.16. The van der Waals surface area contributed by atoms with Crippen molar-refractivity contribution in [1.82, 2.24) is 9.88 Å². The van der Waals surface area contributed by atoms with E-state index in [9.17, 15) is 23.9 Å². The number of hydrogen-bond acceptors (Lipinski definition) is 7. The van der Waals surface area contributed by atoms with Crippen molar-refractivity contribution in [3.63, 3.8) is 0 Å². The second-order valence-electron chi connectivity index (χ2n) is 8.80. The highest BCUT2D eigenvalue weighted by Gasteiger charge is 2.32. The molecular weight excluding hydrogens is 554 g/mol. The molecule has 2 aromatic carbocycles. The van der Waals surface area contributed by atoms with Crippen molar-refractivity contribution in [2.75, 3.05) is 30.3 Å². The number of nitrogens with zero attached hydrogens (tertiary/aromatic N) is 2. The molecule has 0 radical (unpaired) electrons. The Morgan fingerprint density at radius 3 is 2.57 bits per heavy atom. The molecule has 1 aromatic heterocycles. The average Bonchev–Trinajstić information content (AvgIpc) is 2.80. The topological polar surface area (TPSA) is 127 Å². The van der Waals surface area contributed by atoms with E-state index in [0.717, 1.165) is 31.3 Å². The van der Waals surface area contributed by atoms with Gasteiger partial charge in [-0.2, -0.15) is 0 Å². The van der Waals surface area contributed by atoms with Gasteiger partial charge in [0.2, 0.25) is 5.43 Å². The van der Waals surface area contributed by atoms with Crippen LogP contribution < -0.4 is 21.4 Å². The van der Waals surface area contributed by atoms with E-state index in [1.165, 1.54) is 17.6 Å². The zero-order valence-electron chi connectivity index (χ0n) is 20.1. The second kappa shape index (κ2) is 10.5. The van der Waals surface area contributed by atoms with Crippen LogP contribution in [-0.4, -0.2) is 47.3 Å². The van der Waals surface area contributed by atoms with Crippen LogP contribution in [0, 0.1) is 11.6 Å². The molecule has 0 aliphatic carbocycles. The third-order valence-corrected chi connectivity index (χ3v) is 6.91. The minimum atomic E-state index is -1.52. The fraction of sp³-hybridized carbons (Fsp3) is 0.320. The Balaban J connectivity index is 1.98. The molecule has 196 valence electrons. The number of nitrogen functional groups attached to an aromatic ring is 1. The molecule has 2 heterocycles. The fourth-order valence-electron chi connectivity index (χ4n) is 4.31. The number of nitrogens with one attached hydrogen (secondary N) is 1. The van der Waals surface area contributed by atoms with Gasteiger partial charge >= 0.3 is 11.9 Å². The van der Waals surface area contributed by atoms with Crippen molar-refractivity contribution in [1.29, 1.82) is 0 Å². The van der Waals surface area contributed by atoms with Gasteiger partial charge in [-0.1, -0.05) is 6.92 Å². The van der Waals surface area contributed by atoms with Gasteiger partial charge in [0.25, 0.3) is 0 Å². The molecular formula is C25H25BrF2N4O5. The van der Waals surface area contributed by atoms with Gasteiger partial charge in [0.1, 0.15) is 23.8 Å². The number of fused-ring (bicyclic) bond motifs is 1. The zero-order valence-corrected chi connectivity index (χ0v) is 21.7. The summed E-state index contributed by atoms with van der Waals surface area (Å²) in [7, 11) is 0. The number of halogens is 3. The number of benzene rings is 2. The Labute approximate surface area is 218 Å². The molecule has 0 saturated carbocycles. The van der Waals surface area contributed by atoms with E-state index < -0.39 is 34.6 Å². The summed E-state index contributed by atoms with van der Waals surface area (Å²) >= 11 is 3.44. The highest BCUT2D eigenvalue weighted by Crippen LogP contribution is 2.39. The van der Waals surface area contributed by atoms with Gasteiger partial charge in [0, 0.05) is 37.8 Å². The first-order valence-electron chi connectivity index (χ1n) is 11.5. The first-order valence-corrected chi connectivity index (χ1v) is 12.3. The van der Waals surface area contributed by atoms with Gasteiger partial charge in [0.05, 0.1) is 32.4 Å². The predicted molar refractivity (Wildman–Crippen MR) is 138 cm³/mol. The quantitative estimate of drug-likeness (QED) is 0.273. The summed E-state index contributed by atoms with van der Waals surface area (Å²) in [5, 5.41) is 12.8. The van der Waals surface area contributed by atoms with E-state index in [-0.39, 0.29) is 50.6 Å². The molecule has 0 spiro atoms. The van der Waals surface area contributed by atoms with Crippen molar-refractivity contribution in [2.24, 2.45) is 0 Å². The lowest BCUT2D eigenvalue weighted by Gasteiger charge is -2.42. The number of ether oxygens (including phenoxy) is 1. The number of pyridine rings is 1. The Hall–Kier alpha value is -3.51. The smallest absolute Gasteiger partial charge is 0.341 e. The number of anilines is 2. The third kappa shape index (κ3) is 5.03. The van der Waals surface area contributed by atoms with Gasteiger partial charge in [-0.25, -0.2) is 13.6 Å². The highest BCUT2D eigenvalue weighted by molar-refractivity contribution is 9.10. The van der Waals surface area contributed by atoms with Crippen molar-refractivity contribution in [3.8, 4) is 5.69 Å².